The van der Waals surface area contributed by atoms with Crippen molar-refractivity contribution in [3.63, 3.8) is 0 Å². The zero-order valence-electron chi connectivity index (χ0n) is 13.0. The highest BCUT2D eigenvalue weighted by molar-refractivity contribution is 6.30. The summed E-state index contributed by atoms with van der Waals surface area (Å²) in [7, 11) is 1.58. The summed E-state index contributed by atoms with van der Waals surface area (Å²) in [6.45, 7) is 1.43. The van der Waals surface area contributed by atoms with Crippen LogP contribution in [0, 0.1) is 5.41 Å². The number of carbonyl (C=O) groups is 1. The Labute approximate surface area is 139 Å². The molecule has 0 fully saturated rings. The van der Waals surface area contributed by atoms with Gasteiger partial charge in [0.15, 0.2) is 11.5 Å². The fourth-order valence-electron chi connectivity index (χ4n) is 2.14. The third-order valence-corrected chi connectivity index (χ3v) is 3.80. The van der Waals surface area contributed by atoms with Crippen molar-refractivity contribution in [1.29, 1.82) is 0 Å². The lowest BCUT2D eigenvalue weighted by Gasteiger charge is -2.29. The summed E-state index contributed by atoms with van der Waals surface area (Å²) in [5, 5.41) is 23.0. The van der Waals surface area contributed by atoms with Gasteiger partial charge in [-0.1, -0.05) is 35.8 Å². The Morgan fingerprint density at radius 1 is 1.35 bits per heavy atom. The van der Waals surface area contributed by atoms with E-state index in [9.17, 15) is 15.0 Å². The van der Waals surface area contributed by atoms with E-state index < -0.39 is 5.41 Å². The second-order valence-electron chi connectivity index (χ2n) is 5.87. The number of benzene rings is 1. The van der Waals surface area contributed by atoms with Crippen LogP contribution in [-0.2, 0) is 0 Å². The molecule has 1 aromatic heterocycles. The molecule has 0 bridgehead atoms. The first kappa shape index (κ1) is 17.5. The molecule has 2 N–H and O–H groups in total. The van der Waals surface area contributed by atoms with Crippen LogP contribution in [0.4, 0.5) is 0 Å². The number of nitrogens with zero attached hydrogens (tertiary/aromatic N) is 2. The third kappa shape index (κ3) is 4.10. The molecule has 1 amide bonds. The van der Waals surface area contributed by atoms with Crippen molar-refractivity contribution in [2.24, 2.45) is 5.41 Å². The predicted octanol–water partition coefficient (Wildman–Crippen LogP) is 2.06. The summed E-state index contributed by atoms with van der Waals surface area (Å²) in [6, 6.07) is 8.58. The number of rotatable bonds is 6. The van der Waals surface area contributed by atoms with Gasteiger partial charge < -0.3 is 19.6 Å². The molecule has 1 heterocycles. The van der Waals surface area contributed by atoms with Gasteiger partial charge in [0.25, 0.3) is 5.91 Å². The molecule has 1 aromatic carbocycles. The minimum absolute atomic E-state index is 0.153. The van der Waals surface area contributed by atoms with Gasteiger partial charge in [-0.25, -0.2) is 0 Å². The summed E-state index contributed by atoms with van der Waals surface area (Å²) in [5.74, 6) is 0.0893. The number of amides is 1. The Bertz CT molecular complexity index is 682. The topological polar surface area (TPSA) is 86.8 Å². The smallest absolute Gasteiger partial charge is 0.275 e. The number of carbonyl (C=O) groups excluding carboxylic acids is 1. The fourth-order valence-corrected chi connectivity index (χ4v) is 2.33. The van der Waals surface area contributed by atoms with Gasteiger partial charge in [-0.05, 0) is 12.1 Å². The molecule has 0 radical (unpaired) electrons. The Morgan fingerprint density at radius 2 is 2.04 bits per heavy atom. The first-order chi connectivity index (χ1) is 10.9. The molecule has 0 saturated carbocycles. The van der Waals surface area contributed by atoms with E-state index in [0.29, 0.717) is 10.8 Å². The standard InChI is InChI=1S/C16H19ClN2O4/c1-16(9-20,10-21)8-19(2)15(22)13-7-14(23-18-13)11-4-3-5-12(17)6-11/h3-7,20-21H,8-10H2,1-2H3. The monoisotopic (exact) mass is 338 g/mol. The molecule has 0 unspecified atom stereocenters. The highest BCUT2D eigenvalue weighted by atomic mass is 35.5. The molecule has 0 aliphatic carbocycles. The molecular formula is C16H19ClN2O4. The lowest BCUT2D eigenvalue weighted by atomic mass is 9.92. The van der Waals surface area contributed by atoms with E-state index in [2.05, 4.69) is 5.16 Å². The van der Waals surface area contributed by atoms with Crippen molar-refractivity contribution >= 4 is 17.5 Å². The highest BCUT2D eigenvalue weighted by Gasteiger charge is 2.28. The molecule has 0 saturated heterocycles. The van der Waals surface area contributed by atoms with Crippen molar-refractivity contribution in [2.45, 2.75) is 6.92 Å². The maximum Gasteiger partial charge on any atom is 0.275 e. The summed E-state index contributed by atoms with van der Waals surface area (Å²) in [5.41, 5.74) is 0.104. The maximum atomic E-state index is 12.4. The van der Waals surface area contributed by atoms with Crippen molar-refractivity contribution in [1.82, 2.24) is 10.1 Å². The quantitative estimate of drug-likeness (QED) is 0.842. The van der Waals surface area contributed by atoms with Crippen LogP contribution in [-0.4, -0.2) is 53.0 Å². The molecule has 0 atom stereocenters. The number of aliphatic hydroxyl groups is 2. The number of halogens is 1. The van der Waals surface area contributed by atoms with E-state index in [-0.39, 0.29) is 31.4 Å². The van der Waals surface area contributed by atoms with Gasteiger partial charge in [0.1, 0.15) is 0 Å². The van der Waals surface area contributed by atoms with Crippen LogP contribution >= 0.6 is 11.6 Å². The summed E-state index contributed by atoms with van der Waals surface area (Å²) in [4.78, 5) is 13.8. The fraction of sp³-hybridized carbons (Fsp3) is 0.375. The minimum atomic E-state index is -0.774. The van der Waals surface area contributed by atoms with Crippen LogP contribution in [0.5, 0.6) is 0 Å². The van der Waals surface area contributed by atoms with Gasteiger partial charge in [-0.15, -0.1) is 0 Å². The van der Waals surface area contributed by atoms with E-state index >= 15 is 0 Å². The van der Waals surface area contributed by atoms with Crippen LogP contribution < -0.4 is 0 Å². The minimum Gasteiger partial charge on any atom is -0.396 e. The maximum absolute atomic E-state index is 12.4. The number of aliphatic hydroxyl groups excluding tert-OH is 2. The van der Waals surface area contributed by atoms with E-state index in [0.717, 1.165) is 5.56 Å². The van der Waals surface area contributed by atoms with E-state index in [1.54, 1.807) is 44.3 Å². The second-order valence-corrected chi connectivity index (χ2v) is 6.31. The molecule has 2 rings (SSSR count). The summed E-state index contributed by atoms with van der Waals surface area (Å²) in [6.07, 6.45) is 0. The van der Waals surface area contributed by atoms with Gasteiger partial charge in [0, 0.05) is 35.7 Å². The lowest BCUT2D eigenvalue weighted by molar-refractivity contribution is 0.0362. The van der Waals surface area contributed by atoms with E-state index in [1.165, 1.54) is 4.90 Å². The van der Waals surface area contributed by atoms with Gasteiger partial charge >= 0.3 is 0 Å². The number of hydrogen-bond acceptors (Lipinski definition) is 5. The van der Waals surface area contributed by atoms with Crippen molar-refractivity contribution in [2.75, 3.05) is 26.8 Å². The molecule has 0 aliphatic rings. The summed E-state index contributed by atoms with van der Waals surface area (Å²) >= 11 is 5.93. The Kier molecular flexibility index (Phi) is 5.41. The highest BCUT2D eigenvalue weighted by Crippen LogP contribution is 2.24. The number of aromatic nitrogens is 1. The predicted molar refractivity (Wildman–Crippen MR) is 86.2 cm³/mol. The van der Waals surface area contributed by atoms with Crippen molar-refractivity contribution < 1.29 is 19.5 Å². The first-order valence-corrected chi connectivity index (χ1v) is 7.46. The average molecular weight is 339 g/mol. The van der Waals surface area contributed by atoms with Crippen molar-refractivity contribution in [3.8, 4) is 11.3 Å². The summed E-state index contributed by atoms with van der Waals surface area (Å²) < 4.78 is 5.20. The molecular weight excluding hydrogens is 320 g/mol. The van der Waals surface area contributed by atoms with Crippen LogP contribution in [0.3, 0.4) is 0 Å². The SMILES string of the molecule is CN(CC(C)(CO)CO)C(=O)c1cc(-c2cccc(Cl)c2)on1. The van der Waals surface area contributed by atoms with Crippen LogP contribution in [0.1, 0.15) is 17.4 Å². The first-order valence-electron chi connectivity index (χ1n) is 7.08. The average Bonchev–Trinajstić information content (AvgIpc) is 3.04. The molecule has 7 heteroatoms. The zero-order chi connectivity index (χ0) is 17.0. The van der Waals surface area contributed by atoms with Gasteiger partial charge in [0.05, 0.1) is 13.2 Å². The van der Waals surface area contributed by atoms with Gasteiger partial charge in [-0.2, -0.15) is 0 Å². The van der Waals surface area contributed by atoms with E-state index in [4.69, 9.17) is 16.1 Å². The molecule has 23 heavy (non-hydrogen) atoms. The molecule has 0 aliphatic heterocycles. The zero-order valence-corrected chi connectivity index (χ0v) is 13.7. The van der Waals surface area contributed by atoms with Gasteiger partial charge in [-0.3, -0.25) is 4.79 Å². The second kappa shape index (κ2) is 7.12. The van der Waals surface area contributed by atoms with Crippen LogP contribution in [0.25, 0.3) is 11.3 Å². The molecule has 0 spiro atoms. The normalized spacial score (nSPS) is 11.5. The van der Waals surface area contributed by atoms with Crippen LogP contribution in [0.2, 0.25) is 5.02 Å². The van der Waals surface area contributed by atoms with Gasteiger partial charge in [0.2, 0.25) is 0 Å². The Morgan fingerprint density at radius 3 is 2.65 bits per heavy atom. The third-order valence-electron chi connectivity index (χ3n) is 3.57. The van der Waals surface area contributed by atoms with Crippen LogP contribution in [0.15, 0.2) is 34.9 Å². The Hall–Kier alpha value is -1.89. The van der Waals surface area contributed by atoms with E-state index in [1.807, 2.05) is 0 Å². The molecule has 124 valence electrons. The van der Waals surface area contributed by atoms with Crippen molar-refractivity contribution in [3.05, 3.63) is 41.0 Å². The largest absolute Gasteiger partial charge is 0.396 e. The number of hydrogen-bond donors (Lipinski definition) is 2. The lowest BCUT2D eigenvalue weighted by Crippen LogP contribution is -2.41. The molecule has 2 aromatic rings. The molecule has 6 nitrogen and oxygen atoms in total. The Balaban J connectivity index is 2.15.